The molecule has 0 saturated carbocycles. The summed E-state index contributed by atoms with van der Waals surface area (Å²) in [5.41, 5.74) is 2.14. The van der Waals surface area contributed by atoms with Crippen LogP contribution in [0.1, 0.15) is 25.0 Å². The van der Waals surface area contributed by atoms with E-state index in [2.05, 4.69) is 41.2 Å². The van der Waals surface area contributed by atoms with Crippen molar-refractivity contribution in [3.8, 4) is 5.75 Å². The normalized spacial score (nSPS) is 12.7. The van der Waals surface area contributed by atoms with Gasteiger partial charge in [-0.1, -0.05) is 29.8 Å². The molecule has 0 bridgehead atoms. The molecular weight excluding hydrogens is 334 g/mol. The smallest absolute Gasteiger partial charge is 0.126 e. The minimum atomic E-state index is -0.616. The largest absolute Gasteiger partial charge is 0.490 e. The van der Waals surface area contributed by atoms with Crippen LogP contribution in [0.2, 0.25) is 0 Å². The molecule has 21 heavy (non-hydrogen) atoms. The Balaban J connectivity index is 2.75. The van der Waals surface area contributed by atoms with Crippen LogP contribution in [0.3, 0.4) is 0 Å². The third-order valence-corrected chi connectivity index (χ3v) is 3.42. The number of aliphatic hydroxyl groups excluding tert-OH is 1. The maximum atomic E-state index is 9.72. The lowest BCUT2D eigenvalue weighted by molar-refractivity contribution is 0.0321. The third kappa shape index (κ3) is 6.78. The van der Waals surface area contributed by atoms with Gasteiger partial charge in [0.15, 0.2) is 0 Å². The van der Waals surface area contributed by atoms with Gasteiger partial charge in [0.25, 0.3) is 0 Å². The molecular formula is C16H26BrNO3. The molecule has 1 unspecified atom stereocenters. The quantitative estimate of drug-likeness (QED) is 0.711. The molecule has 0 radical (unpaired) electrons. The molecule has 0 fully saturated rings. The van der Waals surface area contributed by atoms with Crippen molar-refractivity contribution in [3.63, 3.8) is 0 Å². The van der Waals surface area contributed by atoms with Crippen LogP contribution in [0.25, 0.3) is 0 Å². The van der Waals surface area contributed by atoms with Crippen molar-refractivity contribution >= 4 is 15.9 Å². The number of hydrogen-bond donors (Lipinski definition) is 2. The second-order valence-electron chi connectivity index (χ2n) is 5.66. The summed E-state index contributed by atoms with van der Waals surface area (Å²) in [6, 6.07) is 4.07. The zero-order chi connectivity index (χ0) is 15.8. The molecule has 4 nitrogen and oxygen atoms in total. The van der Waals surface area contributed by atoms with Crippen LogP contribution in [-0.4, -0.2) is 38.1 Å². The summed E-state index contributed by atoms with van der Waals surface area (Å²) in [6.45, 7) is 8.57. The molecule has 0 heterocycles. The Bertz CT molecular complexity index is 438. The van der Waals surface area contributed by atoms with Gasteiger partial charge in [0.05, 0.1) is 6.61 Å². The summed E-state index contributed by atoms with van der Waals surface area (Å²) < 4.78 is 11.8. The van der Waals surface area contributed by atoms with Gasteiger partial charge in [-0.25, -0.2) is 0 Å². The van der Waals surface area contributed by atoms with Gasteiger partial charge in [0.2, 0.25) is 0 Å². The van der Waals surface area contributed by atoms with E-state index in [4.69, 9.17) is 9.47 Å². The van der Waals surface area contributed by atoms with E-state index in [0.29, 0.717) is 5.92 Å². The van der Waals surface area contributed by atoms with Gasteiger partial charge in [-0.2, -0.15) is 0 Å². The van der Waals surface area contributed by atoms with E-state index >= 15 is 0 Å². The Hall–Kier alpha value is -0.620. The van der Waals surface area contributed by atoms with E-state index in [0.717, 1.165) is 34.4 Å². The first-order chi connectivity index (χ1) is 9.93. The molecule has 0 saturated heterocycles. The lowest BCUT2D eigenvalue weighted by Gasteiger charge is -2.18. The van der Waals surface area contributed by atoms with Gasteiger partial charge in [-0.05, 0) is 37.1 Å². The number of halogens is 1. The summed E-state index contributed by atoms with van der Waals surface area (Å²) in [7, 11) is 1.56. The SMILES string of the molecule is COCC(O)COc1c(C)cc(Br)cc1CNCC(C)C. The average Bonchev–Trinajstić information content (AvgIpc) is 2.37. The van der Waals surface area contributed by atoms with Crippen molar-refractivity contribution in [1.82, 2.24) is 5.32 Å². The Morgan fingerprint density at radius 1 is 1.29 bits per heavy atom. The molecule has 1 aromatic rings. The lowest BCUT2D eigenvalue weighted by Crippen LogP contribution is -2.24. The number of methoxy groups -OCH3 is 1. The van der Waals surface area contributed by atoms with Crippen LogP contribution < -0.4 is 10.1 Å². The standard InChI is InChI=1S/C16H26BrNO3/c1-11(2)7-18-8-13-6-14(17)5-12(3)16(13)21-10-15(19)9-20-4/h5-6,11,15,18-19H,7-10H2,1-4H3. The van der Waals surface area contributed by atoms with Crippen molar-refractivity contribution in [2.75, 3.05) is 26.9 Å². The second-order valence-corrected chi connectivity index (χ2v) is 6.57. The Morgan fingerprint density at radius 2 is 2.00 bits per heavy atom. The summed E-state index contributed by atoms with van der Waals surface area (Å²) in [4.78, 5) is 0. The number of rotatable bonds is 9. The summed E-state index contributed by atoms with van der Waals surface area (Å²) >= 11 is 3.52. The van der Waals surface area contributed by atoms with E-state index in [9.17, 15) is 5.11 Å². The zero-order valence-corrected chi connectivity index (χ0v) is 14.9. The highest BCUT2D eigenvalue weighted by Gasteiger charge is 2.12. The Morgan fingerprint density at radius 3 is 2.62 bits per heavy atom. The van der Waals surface area contributed by atoms with Crippen molar-refractivity contribution in [2.24, 2.45) is 5.92 Å². The molecule has 120 valence electrons. The van der Waals surface area contributed by atoms with Crippen molar-refractivity contribution in [2.45, 2.75) is 33.4 Å². The fourth-order valence-electron chi connectivity index (χ4n) is 2.05. The highest BCUT2D eigenvalue weighted by Crippen LogP contribution is 2.28. The van der Waals surface area contributed by atoms with E-state index in [1.54, 1.807) is 7.11 Å². The zero-order valence-electron chi connectivity index (χ0n) is 13.3. The molecule has 0 aliphatic carbocycles. The number of aryl methyl sites for hydroxylation is 1. The molecule has 2 N–H and O–H groups in total. The Kier molecular flexibility index (Phi) is 8.26. The average molecular weight is 360 g/mol. The maximum absolute atomic E-state index is 9.72. The van der Waals surface area contributed by atoms with E-state index < -0.39 is 6.10 Å². The number of ether oxygens (including phenoxy) is 2. The highest BCUT2D eigenvalue weighted by molar-refractivity contribution is 9.10. The lowest BCUT2D eigenvalue weighted by atomic mass is 10.1. The molecule has 0 aromatic heterocycles. The van der Waals surface area contributed by atoms with Crippen LogP contribution in [0.4, 0.5) is 0 Å². The topological polar surface area (TPSA) is 50.7 Å². The fourth-order valence-corrected chi connectivity index (χ4v) is 2.67. The highest BCUT2D eigenvalue weighted by atomic mass is 79.9. The molecule has 1 aromatic carbocycles. The maximum Gasteiger partial charge on any atom is 0.126 e. The summed E-state index contributed by atoms with van der Waals surface area (Å²) in [5.74, 6) is 1.44. The molecule has 0 spiro atoms. The van der Waals surface area contributed by atoms with Crippen molar-refractivity contribution < 1.29 is 14.6 Å². The predicted octanol–water partition coefficient (Wildman–Crippen LogP) is 2.89. The predicted molar refractivity (Wildman–Crippen MR) is 88.8 cm³/mol. The monoisotopic (exact) mass is 359 g/mol. The van der Waals surface area contributed by atoms with Crippen LogP contribution >= 0.6 is 15.9 Å². The van der Waals surface area contributed by atoms with Crippen LogP contribution in [0, 0.1) is 12.8 Å². The minimum absolute atomic E-state index is 0.230. The van der Waals surface area contributed by atoms with Gasteiger partial charge in [-0.3, -0.25) is 0 Å². The Labute approximate surface area is 136 Å². The fraction of sp³-hybridized carbons (Fsp3) is 0.625. The molecule has 5 heteroatoms. The number of aliphatic hydroxyl groups is 1. The van der Waals surface area contributed by atoms with E-state index in [1.165, 1.54) is 0 Å². The first kappa shape index (κ1) is 18.4. The summed E-state index contributed by atoms with van der Waals surface area (Å²) in [6.07, 6.45) is -0.616. The van der Waals surface area contributed by atoms with Gasteiger partial charge in [0.1, 0.15) is 18.5 Å². The first-order valence-corrected chi connectivity index (χ1v) is 8.02. The molecule has 1 rings (SSSR count). The minimum Gasteiger partial charge on any atom is -0.490 e. The van der Waals surface area contributed by atoms with Crippen molar-refractivity contribution in [1.29, 1.82) is 0 Å². The van der Waals surface area contributed by atoms with Gasteiger partial charge in [0, 0.05) is 23.7 Å². The van der Waals surface area contributed by atoms with Crippen LogP contribution in [-0.2, 0) is 11.3 Å². The molecule has 0 aliphatic rings. The molecule has 0 amide bonds. The number of benzene rings is 1. The van der Waals surface area contributed by atoms with Gasteiger partial charge in [-0.15, -0.1) is 0 Å². The second kappa shape index (κ2) is 9.41. The molecule has 0 aliphatic heterocycles. The molecule has 1 atom stereocenters. The van der Waals surface area contributed by atoms with E-state index in [-0.39, 0.29) is 13.2 Å². The van der Waals surface area contributed by atoms with Crippen molar-refractivity contribution in [3.05, 3.63) is 27.7 Å². The van der Waals surface area contributed by atoms with Crippen LogP contribution in [0.15, 0.2) is 16.6 Å². The number of hydrogen-bond acceptors (Lipinski definition) is 4. The van der Waals surface area contributed by atoms with Crippen LogP contribution in [0.5, 0.6) is 5.75 Å². The summed E-state index contributed by atoms with van der Waals surface area (Å²) in [5, 5.41) is 13.1. The van der Waals surface area contributed by atoms with E-state index in [1.807, 2.05) is 13.0 Å². The van der Waals surface area contributed by atoms with Gasteiger partial charge < -0.3 is 19.9 Å². The van der Waals surface area contributed by atoms with Gasteiger partial charge >= 0.3 is 0 Å². The third-order valence-electron chi connectivity index (χ3n) is 2.96. The first-order valence-electron chi connectivity index (χ1n) is 7.23. The number of nitrogens with one attached hydrogen (secondary N) is 1.